The summed E-state index contributed by atoms with van der Waals surface area (Å²) < 4.78 is 28.0. The van der Waals surface area contributed by atoms with Gasteiger partial charge in [-0.3, -0.25) is 4.79 Å². The molecule has 0 bridgehead atoms. The van der Waals surface area contributed by atoms with Crippen molar-refractivity contribution in [3.8, 4) is 0 Å². The molecule has 7 heteroatoms. The fraction of sp³-hybridized carbons (Fsp3) is 0.500. The van der Waals surface area contributed by atoms with Crippen molar-refractivity contribution < 1.29 is 13.2 Å². The first-order valence-corrected chi connectivity index (χ1v) is 12.7. The molecular weight excluding hydrogens is 404 g/mol. The molecule has 1 aromatic heterocycles. The summed E-state index contributed by atoms with van der Waals surface area (Å²) in [6, 6.07) is 7.31. The summed E-state index contributed by atoms with van der Waals surface area (Å²) in [6.45, 7) is 5.69. The number of carbonyl (C=O) groups excluding carboxylic acids is 1. The number of rotatable bonds is 4. The highest BCUT2D eigenvalue weighted by Gasteiger charge is 2.32. The van der Waals surface area contributed by atoms with E-state index in [-0.39, 0.29) is 16.8 Å². The first-order chi connectivity index (χ1) is 13.9. The Morgan fingerprint density at radius 1 is 1.14 bits per heavy atom. The van der Waals surface area contributed by atoms with Gasteiger partial charge in [-0.05, 0) is 67.3 Å². The van der Waals surface area contributed by atoms with Crippen LogP contribution in [0.4, 0.5) is 0 Å². The molecule has 5 nitrogen and oxygen atoms in total. The molecule has 2 aliphatic rings. The second-order valence-corrected chi connectivity index (χ2v) is 10.8. The predicted molar refractivity (Wildman–Crippen MR) is 116 cm³/mol. The number of benzene rings is 1. The van der Waals surface area contributed by atoms with Crippen LogP contribution in [0.5, 0.6) is 0 Å². The summed E-state index contributed by atoms with van der Waals surface area (Å²) in [6.07, 6.45) is 4.57. The Balaban J connectivity index is 1.66. The molecule has 0 radical (unpaired) electrons. The summed E-state index contributed by atoms with van der Waals surface area (Å²) in [7, 11) is -3.57. The lowest BCUT2D eigenvalue weighted by Crippen LogP contribution is -2.39. The van der Waals surface area contributed by atoms with Crippen LogP contribution in [0.2, 0.25) is 0 Å². The van der Waals surface area contributed by atoms with Crippen LogP contribution in [-0.2, 0) is 16.4 Å². The fourth-order valence-corrected chi connectivity index (χ4v) is 7.20. The van der Waals surface area contributed by atoms with Crippen molar-refractivity contribution in [1.82, 2.24) is 9.21 Å². The third-order valence-electron chi connectivity index (χ3n) is 6.11. The molecule has 0 saturated carbocycles. The van der Waals surface area contributed by atoms with Crippen molar-refractivity contribution in [3.63, 3.8) is 0 Å². The first kappa shape index (κ1) is 20.6. The Kier molecular flexibility index (Phi) is 5.82. The zero-order chi connectivity index (χ0) is 20.6. The summed E-state index contributed by atoms with van der Waals surface area (Å²) >= 11 is 1.75. The molecule has 0 N–H and O–H groups in total. The van der Waals surface area contributed by atoms with Crippen molar-refractivity contribution in [2.24, 2.45) is 0 Å². The smallest absolute Gasteiger partial charge is 0.254 e. The molecule has 156 valence electrons. The van der Waals surface area contributed by atoms with Gasteiger partial charge < -0.3 is 4.90 Å². The Bertz CT molecular complexity index is 1010. The second kappa shape index (κ2) is 8.20. The topological polar surface area (TPSA) is 57.7 Å². The lowest BCUT2D eigenvalue weighted by Gasteiger charge is -2.35. The predicted octanol–water partition coefficient (Wildman–Crippen LogP) is 4.38. The van der Waals surface area contributed by atoms with Gasteiger partial charge in [-0.1, -0.05) is 19.4 Å². The van der Waals surface area contributed by atoms with Gasteiger partial charge in [0.2, 0.25) is 10.0 Å². The SMILES string of the molecule is CCC1c2ccsc2CCN1C(=O)c1ccc(C)c(S(=O)(=O)N2CCCCC2)c1. The van der Waals surface area contributed by atoms with E-state index in [9.17, 15) is 13.2 Å². The Morgan fingerprint density at radius 3 is 2.62 bits per heavy atom. The lowest BCUT2D eigenvalue weighted by molar-refractivity contribution is 0.0657. The number of carbonyl (C=O) groups is 1. The Labute approximate surface area is 177 Å². The van der Waals surface area contributed by atoms with Crippen molar-refractivity contribution in [2.75, 3.05) is 19.6 Å². The van der Waals surface area contributed by atoms with Crippen LogP contribution in [0, 0.1) is 6.92 Å². The quantitative estimate of drug-likeness (QED) is 0.720. The molecule has 2 aromatic rings. The molecule has 3 heterocycles. The molecule has 1 unspecified atom stereocenters. The third-order valence-corrected chi connectivity index (χ3v) is 9.15. The fourth-order valence-electron chi connectivity index (χ4n) is 4.50. The van der Waals surface area contributed by atoms with E-state index in [2.05, 4.69) is 18.4 Å². The molecule has 1 saturated heterocycles. The van der Waals surface area contributed by atoms with Crippen molar-refractivity contribution in [2.45, 2.75) is 56.9 Å². The molecule has 1 aromatic carbocycles. The second-order valence-electron chi connectivity index (χ2n) is 7.92. The van der Waals surface area contributed by atoms with Crippen LogP contribution in [-0.4, -0.2) is 43.2 Å². The van der Waals surface area contributed by atoms with Crippen LogP contribution in [0.25, 0.3) is 0 Å². The van der Waals surface area contributed by atoms with Gasteiger partial charge in [-0.2, -0.15) is 4.31 Å². The summed E-state index contributed by atoms with van der Waals surface area (Å²) in [5, 5.41) is 2.09. The Morgan fingerprint density at radius 2 is 1.90 bits per heavy atom. The highest BCUT2D eigenvalue weighted by molar-refractivity contribution is 7.89. The van der Waals surface area contributed by atoms with Crippen LogP contribution < -0.4 is 0 Å². The first-order valence-electron chi connectivity index (χ1n) is 10.4. The van der Waals surface area contributed by atoms with Crippen molar-refractivity contribution in [3.05, 3.63) is 51.2 Å². The van der Waals surface area contributed by atoms with Crippen LogP contribution in [0.3, 0.4) is 0 Å². The van der Waals surface area contributed by atoms with E-state index in [0.717, 1.165) is 32.1 Å². The maximum absolute atomic E-state index is 13.4. The molecule has 0 spiro atoms. The minimum absolute atomic E-state index is 0.0564. The van der Waals surface area contributed by atoms with Crippen molar-refractivity contribution >= 4 is 27.3 Å². The highest BCUT2D eigenvalue weighted by atomic mass is 32.2. The molecule has 1 amide bonds. The number of hydrogen-bond donors (Lipinski definition) is 0. The van der Waals surface area contributed by atoms with Crippen molar-refractivity contribution in [1.29, 1.82) is 0 Å². The average Bonchev–Trinajstić information content (AvgIpc) is 3.22. The highest BCUT2D eigenvalue weighted by Crippen LogP contribution is 2.36. The normalized spacial score (nSPS) is 20.5. The van der Waals surface area contributed by atoms with E-state index in [1.54, 1.807) is 40.8 Å². The number of sulfonamides is 1. The van der Waals surface area contributed by atoms with E-state index >= 15 is 0 Å². The Hall–Kier alpha value is -1.70. The number of piperidine rings is 1. The van der Waals surface area contributed by atoms with E-state index < -0.39 is 10.0 Å². The monoisotopic (exact) mass is 432 g/mol. The minimum Gasteiger partial charge on any atom is -0.331 e. The summed E-state index contributed by atoms with van der Waals surface area (Å²) in [4.78, 5) is 16.9. The minimum atomic E-state index is -3.57. The number of amides is 1. The van der Waals surface area contributed by atoms with Gasteiger partial charge in [-0.25, -0.2) is 8.42 Å². The molecule has 1 fully saturated rings. The number of hydrogen-bond acceptors (Lipinski definition) is 4. The largest absolute Gasteiger partial charge is 0.331 e. The van der Waals surface area contributed by atoms with E-state index in [1.165, 1.54) is 10.4 Å². The molecule has 4 rings (SSSR count). The van der Waals surface area contributed by atoms with Gasteiger partial charge in [0.05, 0.1) is 10.9 Å². The number of aryl methyl sites for hydroxylation is 1. The van der Waals surface area contributed by atoms with Gasteiger partial charge >= 0.3 is 0 Å². The molecule has 29 heavy (non-hydrogen) atoms. The van der Waals surface area contributed by atoms with Gasteiger partial charge in [-0.15, -0.1) is 11.3 Å². The van der Waals surface area contributed by atoms with E-state index in [0.29, 0.717) is 30.8 Å². The lowest BCUT2D eigenvalue weighted by atomic mass is 9.96. The van der Waals surface area contributed by atoms with Gasteiger partial charge in [0.1, 0.15) is 0 Å². The average molecular weight is 433 g/mol. The van der Waals surface area contributed by atoms with E-state index in [4.69, 9.17) is 0 Å². The zero-order valence-corrected chi connectivity index (χ0v) is 18.7. The summed E-state index contributed by atoms with van der Waals surface area (Å²) in [5.74, 6) is -0.0798. The number of thiophene rings is 1. The van der Waals surface area contributed by atoms with Gasteiger partial charge in [0, 0.05) is 30.1 Å². The molecular formula is C22H28N2O3S2. The van der Waals surface area contributed by atoms with E-state index in [1.807, 2.05) is 4.90 Å². The standard InChI is InChI=1S/C22H28N2O3S2/c1-3-19-18-10-14-28-20(18)9-13-24(19)22(25)17-8-7-16(2)21(15-17)29(26,27)23-11-5-4-6-12-23/h7-8,10,14-15,19H,3-6,9,11-13H2,1-2H3. The summed E-state index contributed by atoms with van der Waals surface area (Å²) in [5.41, 5.74) is 2.40. The third kappa shape index (κ3) is 3.76. The van der Waals surface area contributed by atoms with Gasteiger partial charge in [0.15, 0.2) is 0 Å². The number of nitrogens with zero attached hydrogens (tertiary/aromatic N) is 2. The number of fused-ring (bicyclic) bond motifs is 1. The molecule has 0 aliphatic carbocycles. The maximum Gasteiger partial charge on any atom is 0.254 e. The molecule has 2 aliphatic heterocycles. The van der Waals surface area contributed by atoms with Gasteiger partial charge in [0.25, 0.3) is 5.91 Å². The van der Waals surface area contributed by atoms with Crippen LogP contribution in [0.1, 0.15) is 65.0 Å². The van der Waals surface area contributed by atoms with Crippen LogP contribution >= 0.6 is 11.3 Å². The maximum atomic E-state index is 13.4. The molecule has 1 atom stereocenters. The van der Waals surface area contributed by atoms with Crippen LogP contribution in [0.15, 0.2) is 34.5 Å². The zero-order valence-electron chi connectivity index (χ0n) is 17.1.